The van der Waals surface area contributed by atoms with E-state index in [1.54, 1.807) is 0 Å². The molecule has 21 nitrogen and oxygen atoms in total. The van der Waals surface area contributed by atoms with Gasteiger partial charge in [-0.15, -0.1) is 16.9 Å². The number of carboxylic acid groups (broad SMARTS) is 3. The first kappa shape index (κ1) is 37.1. The molecule has 4 aromatic rings. The highest BCUT2D eigenvalue weighted by molar-refractivity contribution is 8.01. The summed E-state index contributed by atoms with van der Waals surface area (Å²) < 4.78 is 11.4. The molecule has 2 aliphatic rings. The number of phenols is 2. The number of nitrogens with one attached hydrogen (secondary N) is 2. The molecule has 2 aromatic heterocycles. The highest BCUT2D eigenvalue weighted by atomic mass is 32.2. The molecule has 0 saturated carbocycles. The number of rotatable bonds is 14. The van der Waals surface area contributed by atoms with Gasteiger partial charge in [-0.3, -0.25) is 28.9 Å². The summed E-state index contributed by atoms with van der Waals surface area (Å²) in [6.07, 6.45) is 0.727. The molecule has 1 fully saturated rings. The van der Waals surface area contributed by atoms with Crippen LogP contribution in [0.25, 0.3) is 11.0 Å². The maximum absolute atomic E-state index is 13.9. The summed E-state index contributed by atoms with van der Waals surface area (Å²) in [4.78, 5) is 89.4. The molecule has 3 atom stereocenters. The highest BCUT2D eigenvalue weighted by Crippen LogP contribution is 2.42. The Morgan fingerprint density at radius 1 is 1.04 bits per heavy atom. The van der Waals surface area contributed by atoms with Gasteiger partial charge in [0.2, 0.25) is 22.2 Å². The third-order valence-electron chi connectivity index (χ3n) is 7.96. The van der Waals surface area contributed by atoms with Crippen LogP contribution in [-0.4, -0.2) is 116 Å². The zero-order valence-corrected chi connectivity index (χ0v) is 28.7. The summed E-state index contributed by atoms with van der Waals surface area (Å²) in [5.41, 5.74) is -1.81. The third-order valence-corrected chi connectivity index (χ3v) is 10.3. The standard InChI is InChI=1S/C31H25N7O14S2/c39-17-6-5-15-23(44)16(8-52-25(15)24(17)45)26(46)32-20(12-1-3-14(4-2-12)51-9-19(42)43)27(47)33-21-28(48)38-22(30(49)50)13(10-53-29(21)38)11-54-31-34-35-36-37(31)7-18(40)41/h1-6,8,20-21,29,39,45H,7,9-11H2,(H,32,46)(H,33,47)(H,40,41)(H,42,43)(H,49,50)/t20?,21-,29-/m0/s1. The number of ether oxygens (including phenoxy) is 1. The van der Waals surface area contributed by atoms with Crippen molar-refractivity contribution in [2.75, 3.05) is 18.1 Å². The minimum atomic E-state index is -1.59. The van der Waals surface area contributed by atoms with Crippen molar-refractivity contribution >= 4 is 70.1 Å². The van der Waals surface area contributed by atoms with E-state index < -0.39 is 94.3 Å². The van der Waals surface area contributed by atoms with Crippen molar-refractivity contribution in [2.45, 2.75) is 29.2 Å². The van der Waals surface area contributed by atoms with Gasteiger partial charge < -0.3 is 45.3 Å². The van der Waals surface area contributed by atoms with E-state index in [0.29, 0.717) is 5.57 Å². The molecule has 54 heavy (non-hydrogen) atoms. The Bertz CT molecular complexity index is 2310. The number of thioether (sulfide) groups is 2. The van der Waals surface area contributed by atoms with Crippen LogP contribution in [0.2, 0.25) is 0 Å². The number of nitrogens with zero attached hydrogens (tertiary/aromatic N) is 5. The van der Waals surface area contributed by atoms with Crippen molar-refractivity contribution in [2.24, 2.45) is 0 Å². The lowest BCUT2D eigenvalue weighted by Gasteiger charge is -2.49. The van der Waals surface area contributed by atoms with Crippen LogP contribution in [0.15, 0.2) is 68.3 Å². The molecular weight excluding hydrogens is 759 g/mol. The lowest BCUT2D eigenvalue weighted by atomic mass is 10.0. The van der Waals surface area contributed by atoms with E-state index in [1.165, 1.54) is 24.3 Å². The van der Waals surface area contributed by atoms with E-state index in [4.69, 9.17) is 19.4 Å². The summed E-state index contributed by atoms with van der Waals surface area (Å²) in [6.45, 7) is -1.19. The Hall–Kier alpha value is -6.62. The monoisotopic (exact) mass is 783 g/mol. The van der Waals surface area contributed by atoms with Gasteiger partial charge in [-0.1, -0.05) is 23.9 Å². The van der Waals surface area contributed by atoms with E-state index in [2.05, 4.69) is 26.2 Å². The second kappa shape index (κ2) is 15.2. The zero-order chi connectivity index (χ0) is 38.8. The van der Waals surface area contributed by atoms with Gasteiger partial charge in [0.25, 0.3) is 11.8 Å². The first-order valence-corrected chi connectivity index (χ1v) is 17.3. The third kappa shape index (κ3) is 7.34. The number of carbonyl (C=O) groups excluding carboxylic acids is 3. The fraction of sp³-hybridized carbons (Fsp3) is 0.226. The van der Waals surface area contributed by atoms with Crippen LogP contribution in [0.5, 0.6) is 17.2 Å². The van der Waals surface area contributed by atoms with Crippen LogP contribution in [0, 0.1) is 0 Å². The molecule has 23 heteroatoms. The van der Waals surface area contributed by atoms with Gasteiger partial charge in [0, 0.05) is 11.5 Å². The van der Waals surface area contributed by atoms with Gasteiger partial charge in [0.15, 0.2) is 17.9 Å². The summed E-state index contributed by atoms with van der Waals surface area (Å²) in [7, 11) is 0. The molecule has 2 aliphatic heterocycles. The number of aromatic hydroxyl groups is 2. The van der Waals surface area contributed by atoms with Gasteiger partial charge in [-0.2, -0.15) is 0 Å². The molecule has 7 N–H and O–H groups in total. The Labute approximate surface area is 308 Å². The molecule has 0 aliphatic carbocycles. The summed E-state index contributed by atoms with van der Waals surface area (Å²) >= 11 is 2.11. The van der Waals surface area contributed by atoms with E-state index in [-0.39, 0.29) is 39.1 Å². The number of hydrogen-bond donors (Lipinski definition) is 7. The van der Waals surface area contributed by atoms with Crippen LogP contribution in [0.3, 0.4) is 0 Å². The van der Waals surface area contributed by atoms with Crippen LogP contribution < -0.4 is 20.8 Å². The Morgan fingerprint density at radius 2 is 1.78 bits per heavy atom. The lowest BCUT2D eigenvalue weighted by molar-refractivity contribution is -0.151. The van der Waals surface area contributed by atoms with Gasteiger partial charge >= 0.3 is 17.9 Å². The SMILES string of the molecule is O=C(O)COc1ccc(C(NC(=O)c2coc3c(O)c(O)ccc3c2=O)C(=O)N[C@H]2C(=O)N3C(C(=O)O)=C(CSc4nnnn4CC(=O)O)CS[C@@H]23)cc1. The van der Waals surface area contributed by atoms with Crippen LogP contribution in [-0.2, 0) is 30.5 Å². The number of aliphatic carboxylic acids is 3. The number of fused-ring (bicyclic) bond motifs is 2. The Balaban J connectivity index is 1.23. The topological polar surface area (TPSA) is 314 Å². The smallest absolute Gasteiger partial charge is 0.352 e. The van der Waals surface area contributed by atoms with Gasteiger partial charge in [0.1, 0.15) is 47.3 Å². The average Bonchev–Trinajstić information content (AvgIpc) is 3.58. The van der Waals surface area contributed by atoms with Crippen LogP contribution >= 0.6 is 23.5 Å². The number of phenolic OH excluding ortho intramolecular Hbond substituents is 2. The first-order valence-electron chi connectivity index (χ1n) is 15.3. The molecule has 1 saturated heterocycles. The van der Waals surface area contributed by atoms with E-state index >= 15 is 0 Å². The predicted molar refractivity (Wildman–Crippen MR) is 181 cm³/mol. The molecule has 4 heterocycles. The summed E-state index contributed by atoms with van der Waals surface area (Å²) in [6, 6.07) is 4.59. The molecule has 3 amide bonds. The molecule has 0 spiro atoms. The van der Waals surface area contributed by atoms with Crippen molar-refractivity contribution in [1.29, 1.82) is 0 Å². The number of aromatic nitrogens is 4. The Morgan fingerprint density at radius 3 is 2.46 bits per heavy atom. The molecule has 1 unspecified atom stereocenters. The fourth-order valence-electron chi connectivity index (χ4n) is 5.45. The molecule has 280 valence electrons. The molecule has 6 rings (SSSR count). The number of β-lactam (4-membered cyclic amide) rings is 1. The normalized spacial score (nSPS) is 17.0. The predicted octanol–water partition coefficient (Wildman–Crippen LogP) is -0.259. The van der Waals surface area contributed by atoms with Crippen LogP contribution in [0.4, 0.5) is 0 Å². The van der Waals surface area contributed by atoms with Gasteiger partial charge in [0.05, 0.1) is 5.39 Å². The van der Waals surface area contributed by atoms with Crippen molar-refractivity contribution in [1.82, 2.24) is 35.7 Å². The van der Waals surface area contributed by atoms with Crippen molar-refractivity contribution in [3.05, 3.63) is 75.3 Å². The molecule has 0 bridgehead atoms. The van der Waals surface area contributed by atoms with Crippen LogP contribution in [0.1, 0.15) is 22.0 Å². The maximum atomic E-state index is 13.9. The van der Waals surface area contributed by atoms with Gasteiger partial charge in [-0.25, -0.2) is 14.3 Å². The highest BCUT2D eigenvalue weighted by Gasteiger charge is 2.54. The summed E-state index contributed by atoms with van der Waals surface area (Å²) in [5, 5.41) is 62.6. The average molecular weight is 784 g/mol. The number of tetrazole rings is 1. The number of benzene rings is 2. The molecular formula is C31H25N7O14S2. The Kier molecular flexibility index (Phi) is 10.4. The van der Waals surface area contributed by atoms with Crippen molar-refractivity contribution < 1.29 is 63.5 Å². The van der Waals surface area contributed by atoms with Gasteiger partial charge in [-0.05, 0) is 45.8 Å². The second-order valence-corrected chi connectivity index (χ2v) is 13.4. The van der Waals surface area contributed by atoms with E-state index in [9.17, 15) is 48.9 Å². The minimum absolute atomic E-state index is 0.00796. The van der Waals surface area contributed by atoms with Crippen molar-refractivity contribution in [3.63, 3.8) is 0 Å². The maximum Gasteiger partial charge on any atom is 0.352 e. The molecule has 0 radical (unpaired) electrons. The van der Waals surface area contributed by atoms with E-state index in [1.807, 2.05) is 0 Å². The first-order chi connectivity index (χ1) is 25.7. The quantitative estimate of drug-likeness (QED) is 0.0492. The second-order valence-electron chi connectivity index (χ2n) is 11.4. The number of hydrogen-bond acceptors (Lipinski definition) is 16. The summed E-state index contributed by atoms with van der Waals surface area (Å²) in [5.74, 6) is -7.81. The largest absolute Gasteiger partial charge is 0.504 e. The van der Waals surface area contributed by atoms with E-state index in [0.717, 1.165) is 51.5 Å². The number of carbonyl (C=O) groups is 6. The number of carboxylic acids is 3. The minimum Gasteiger partial charge on any atom is -0.504 e. The fourth-order valence-corrected chi connectivity index (χ4v) is 7.81. The molecule has 2 aromatic carbocycles. The van der Waals surface area contributed by atoms with Crippen molar-refractivity contribution in [3.8, 4) is 17.2 Å². The lowest BCUT2D eigenvalue weighted by Crippen LogP contribution is -2.71. The number of amides is 3. The zero-order valence-electron chi connectivity index (χ0n) is 27.1.